The smallest absolute Gasteiger partial charge is 0.339 e. The van der Waals surface area contributed by atoms with Gasteiger partial charge in [0.25, 0.3) is 0 Å². The van der Waals surface area contributed by atoms with E-state index >= 15 is 0 Å². The first-order valence-corrected chi connectivity index (χ1v) is 5.54. The SMILES string of the molecule is CCN(CCCO)Cc1ncncc1C(=O)O. The molecule has 0 fully saturated rings. The topological polar surface area (TPSA) is 86.5 Å². The summed E-state index contributed by atoms with van der Waals surface area (Å²) in [5.74, 6) is -1.01. The Kier molecular flexibility index (Phi) is 5.51. The van der Waals surface area contributed by atoms with Crippen LogP contribution in [0.4, 0.5) is 0 Å². The van der Waals surface area contributed by atoms with Gasteiger partial charge in [-0.2, -0.15) is 0 Å². The van der Waals surface area contributed by atoms with E-state index in [1.807, 2.05) is 11.8 Å². The number of carbonyl (C=O) groups is 1. The van der Waals surface area contributed by atoms with Gasteiger partial charge in [0, 0.05) is 25.9 Å². The normalized spacial score (nSPS) is 10.8. The summed E-state index contributed by atoms with van der Waals surface area (Å²) < 4.78 is 0. The molecule has 0 saturated heterocycles. The Morgan fingerprint density at radius 2 is 2.29 bits per heavy atom. The monoisotopic (exact) mass is 239 g/mol. The van der Waals surface area contributed by atoms with E-state index in [1.165, 1.54) is 12.5 Å². The van der Waals surface area contributed by atoms with Gasteiger partial charge in [-0.05, 0) is 13.0 Å². The van der Waals surface area contributed by atoms with Crippen LogP contribution < -0.4 is 0 Å². The highest BCUT2D eigenvalue weighted by molar-refractivity contribution is 5.88. The Morgan fingerprint density at radius 1 is 1.53 bits per heavy atom. The van der Waals surface area contributed by atoms with Gasteiger partial charge in [0.15, 0.2) is 0 Å². The van der Waals surface area contributed by atoms with Gasteiger partial charge in [0.2, 0.25) is 0 Å². The molecule has 0 aromatic carbocycles. The molecule has 0 radical (unpaired) electrons. The summed E-state index contributed by atoms with van der Waals surface area (Å²) >= 11 is 0. The lowest BCUT2D eigenvalue weighted by Gasteiger charge is -2.19. The Labute approximate surface area is 99.9 Å². The number of aromatic carboxylic acids is 1. The lowest BCUT2D eigenvalue weighted by atomic mass is 10.2. The molecule has 0 aliphatic carbocycles. The van der Waals surface area contributed by atoms with Crippen molar-refractivity contribution in [1.82, 2.24) is 14.9 Å². The number of rotatable bonds is 7. The highest BCUT2D eigenvalue weighted by Crippen LogP contribution is 2.07. The Bertz CT molecular complexity index is 371. The summed E-state index contributed by atoms with van der Waals surface area (Å²) in [7, 11) is 0. The van der Waals surface area contributed by atoms with Crippen LogP contribution in [0.1, 0.15) is 29.4 Å². The van der Waals surface area contributed by atoms with Crippen molar-refractivity contribution in [2.24, 2.45) is 0 Å². The molecule has 1 rings (SSSR count). The molecule has 6 heteroatoms. The highest BCUT2D eigenvalue weighted by Gasteiger charge is 2.13. The number of carboxylic acids is 1. The van der Waals surface area contributed by atoms with E-state index in [9.17, 15) is 4.79 Å². The van der Waals surface area contributed by atoms with Crippen LogP contribution in [-0.2, 0) is 6.54 Å². The average molecular weight is 239 g/mol. The number of aromatic nitrogens is 2. The van der Waals surface area contributed by atoms with Gasteiger partial charge in [-0.3, -0.25) is 4.90 Å². The third-order valence-corrected chi connectivity index (χ3v) is 2.48. The van der Waals surface area contributed by atoms with E-state index in [1.54, 1.807) is 0 Å². The second-order valence-corrected chi connectivity index (χ2v) is 3.63. The van der Waals surface area contributed by atoms with Crippen molar-refractivity contribution in [3.8, 4) is 0 Å². The molecule has 0 unspecified atom stereocenters. The Hall–Kier alpha value is -1.53. The largest absolute Gasteiger partial charge is 0.478 e. The highest BCUT2D eigenvalue weighted by atomic mass is 16.4. The molecule has 17 heavy (non-hydrogen) atoms. The van der Waals surface area contributed by atoms with E-state index in [2.05, 4.69) is 9.97 Å². The molecule has 1 aromatic rings. The lowest BCUT2D eigenvalue weighted by Crippen LogP contribution is -2.26. The summed E-state index contributed by atoms with van der Waals surface area (Å²) in [6.45, 7) is 4.07. The summed E-state index contributed by atoms with van der Waals surface area (Å²) in [6.07, 6.45) is 3.33. The molecule has 1 heterocycles. The molecule has 1 aromatic heterocycles. The number of aliphatic hydroxyl groups is 1. The molecule has 2 N–H and O–H groups in total. The lowest BCUT2D eigenvalue weighted by molar-refractivity contribution is 0.0693. The van der Waals surface area contributed by atoms with Crippen LogP contribution >= 0.6 is 0 Å². The van der Waals surface area contributed by atoms with Gasteiger partial charge in [0.05, 0.1) is 5.69 Å². The number of aliphatic hydroxyl groups excluding tert-OH is 1. The van der Waals surface area contributed by atoms with Crippen LogP contribution in [0, 0.1) is 0 Å². The van der Waals surface area contributed by atoms with Gasteiger partial charge in [-0.25, -0.2) is 14.8 Å². The number of hydrogen-bond acceptors (Lipinski definition) is 5. The zero-order valence-corrected chi connectivity index (χ0v) is 9.83. The predicted octanol–water partition coefficient (Wildman–Crippen LogP) is 0.379. The van der Waals surface area contributed by atoms with Gasteiger partial charge in [0.1, 0.15) is 11.9 Å². The van der Waals surface area contributed by atoms with E-state index < -0.39 is 5.97 Å². The molecule has 0 aliphatic heterocycles. The minimum absolute atomic E-state index is 0.131. The predicted molar refractivity (Wildman–Crippen MR) is 61.6 cm³/mol. The minimum atomic E-state index is -1.01. The maximum Gasteiger partial charge on any atom is 0.339 e. The zero-order chi connectivity index (χ0) is 12.7. The van der Waals surface area contributed by atoms with Gasteiger partial charge in [-0.1, -0.05) is 6.92 Å². The van der Waals surface area contributed by atoms with Gasteiger partial charge < -0.3 is 10.2 Å². The maximum atomic E-state index is 11.0. The number of hydrogen-bond donors (Lipinski definition) is 2. The van der Waals surface area contributed by atoms with Crippen molar-refractivity contribution in [2.75, 3.05) is 19.7 Å². The molecule has 0 atom stereocenters. The Morgan fingerprint density at radius 3 is 2.88 bits per heavy atom. The molecular weight excluding hydrogens is 222 g/mol. The van der Waals surface area contributed by atoms with E-state index in [-0.39, 0.29) is 12.2 Å². The van der Waals surface area contributed by atoms with Crippen molar-refractivity contribution >= 4 is 5.97 Å². The van der Waals surface area contributed by atoms with Crippen molar-refractivity contribution < 1.29 is 15.0 Å². The fourth-order valence-corrected chi connectivity index (χ4v) is 1.51. The minimum Gasteiger partial charge on any atom is -0.478 e. The van der Waals surface area contributed by atoms with Crippen LogP contribution in [-0.4, -0.2) is 50.7 Å². The number of carboxylic acid groups (broad SMARTS) is 1. The summed E-state index contributed by atoms with van der Waals surface area (Å²) in [6, 6.07) is 0. The van der Waals surface area contributed by atoms with Crippen LogP contribution in [0.2, 0.25) is 0 Å². The zero-order valence-electron chi connectivity index (χ0n) is 9.83. The molecule has 0 spiro atoms. The second-order valence-electron chi connectivity index (χ2n) is 3.63. The molecule has 0 bridgehead atoms. The summed E-state index contributed by atoms with van der Waals surface area (Å²) in [5.41, 5.74) is 0.641. The van der Waals surface area contributed by atoms with Crippen molar-refractivity contribution in [3.63, 3.8) is 0 Å². The van der Waals surface area contributed by atoms with E-state index in [0.29, 0.717) is 18.7 Å². The molecule has 0 amide bonds. The average Bonchev–Trinajstić information content (AvgIpc) is 2.34. The molecule has 94 valence electrons. The molecule has 0 saturated carbocycles. The first-order chi connectivity index (χ1) is 8.19. The fourth-order valence-electron chi connectivity index (χ4n) is 1.51. The second kappa shape index (κ2) is 6.93. The molecular formula is C11H17N3O3. The quantitative estimate of drug-likeness (QED) is 0.715. The molecule has 0 aliphatic rings. The third kappa shape index (κ3) is 4.08. The summed E-state index contributed by atoms with van der Waals surface area (Å²) in [4.78, 5) is 20.7. The first-order valence-electron chi connectivity index (χ1n) is 5.54. The summed E-state index contributed by atoms with van der Waals surface area (Å²) in [5, 5.41) is 17.8. The van der Waals surface area contributed by atoms with Gasteiger partial charge in [-0.15, -0.1) is 0 Å². The van der Waals surface area contributed by atoms with Crippen molar-refractivity contribution in [3.05, 3.63) is 23.8 Å². The molecule has 6 nitrogen and oxygen atoms in total. The van der Waals surface area contributed by atoms with Crippen molar-refractivity contribution in [2.45, 2.75) is 19.9 Å². The fraction of sp³-hybridized carbons (Fsp3) is 0.545. The van der Waals surface area contributed by atoms with Crippen LogP contribution in [0.25, 0.3) is 0 Å². The Balaban J connectivity index is 2.75. The van der Waals surface area contributed by atoms with Crippen LogP contribution in [0.3, 0.4) is 0 Å². The van der Waals surface area contributed by atoms with E-state index in [0.717, 1.165) is 13.1 Å². The standard InChI is InChI=1S/C11H17N3O3/c1-2-14(4-3-5-15)7-10-9(11(16)17)6-12-8-13-10/h6,8,15H,2-5,7H2,1H3,(H,16,17). The van der Waals surface area contributed by atoms with Gasteiger partial charge >= 0.3 is 5.97 Å². The number of nitrogens with zero attached hydrogens (tertiary/aromatic N) is 3. The van der Waals surface area contributed by atoms with Crippen LogP contribution in [0.15, 0.2) is 12.5 Å². The van der Waals surface area contributed by atoms with Crippen molar-refractivity contribution in [1.29, 1.82) is 0 Å². The first kappa shape index (κ1) is 13.5. The van der Waals surface area contributed by atoms with Crippen LogP contribution in [0.5, 0.6) is 0 Å². The maximum absolute atomic E-state index is 11.0. The third-order valence-electron chi connectivity index (χ3n) is 2.48. The van der Waals surface area contributed by atoms with E-state index in [4.69, 9.17) is 10.2 Å².